The minimum atomic E-state index is -0.178. The molecule has 4 nitrogen and oxygen atoms in total. The Morgan fingerprint density at radius 2 is 1.92 bits per heavy atom. The Balaban J connectivity index is 1.97. The van der Waals surface area contributed by atoms with E-state index in [9.17, 15) is 9.59 Å². The van der Waals surface area contributed by atoms with Gasteiger partial charge >= 0.3 is 0 Å². The Hall–Kier alpha value is -2.01. The molecule has 0 N–H and O–H groups in total. The highest BCUT2D eigenvalue weighted by Crippen LogP contribution is 2.40. The predicted octanol–water partition coefficient (Wildman–Crippen LogP) is 5.15. The number of imide groups is 1. The van der Waals surface area contributed by atoms with Crippen LogP contribution in [0.25, 0.3) is 11.6 Å². The predicted molar refractivity (Wildman–Crippen MR) is 110 cm³/mol. The fraction of sp³-hybridized carbons (Fsp3) is 0.429. The van der Waals surface area contributed by atoms with Crippen LogP contribution in [0.4, 0.5) is 10.5 Å². The van der Waals surface area contributed by atoms with Gasteiger partial charge in [0.05, 0.1) is 10.4 Å². The highest BCUT2D eigenvalue weighted by Gasteiger charge is 2.34. The van der Waals surface area contributed by atoms with Crippen molar-refractivity contribution >= 4 is 40.2 Å². The molecule has 2 aliphatic heterocycles. The lowest BCUT2D eigenvalue weighted by Crippen LogP contribution is -2.44. The second kappa shape index (κ2) is 6.95. The largest absolute Gasteiger partial charge is 0.363 e. The smallest absolute Gasteiger partial charge is 0.293 e. The first kappa shape index (κ1) is 18.8. The van der Waals surface area contributed by atoms with Gasteiger partial charge in [-0.25, -0.2) is 0 Å². The molecular weight excluding hydrogens is 344 g/mol. The van der Waals surface area contributed by atoms with E-state index in [1.165, 1.54) is 21.7 Å². The number of benzene rings is 1. The summed E-state index contributed by atoms with van der Waals surface area (Å²) in [7, 11) is 0. The first-order chi connectivity index (χ1) is 12.3. The van der Waals surface area contributed by atoms with Crippen molar-refractivity contribution in [1.29, 1.82) is 0 Å². The van der Waals surface area contributed by atoms with Gasteiger partial charge in [-0.2, -0.15) is 0 Å². The van der Waals surface area contributed by atoms with Crippen LogP contribution in [0.5, 0.6) is 0 Å². The van der Waals surface area contributed by atoms with Crippen LogP contribution < -0.4 is 4.90 Å². The van der Waals surface area contributed by atoms with Crippen LogP contribution in [0.2, 0.25) is 0 Å². The molecule has 0 radical (unpaired) electrons. The van der Waals surface area contributed by atoms with E-state index < -0.39 is 0 Å². The Labute approximate surface area is 159 Å². The standard InChI is InChI=1S/C21H26N2O2S/c1-6-10-22-19(24)18(26-20(22)25)12-15-8-9-17-16(11-15)14(3)13-21(4,5)23(17)7-2/h8-9,11-13H,6-7,10H2,1-5H3/b18-12-. The zero-order chi connectivity index (χ0) is 19.1. The van der Waals surface area contributed by atoms with Gasteiger partial charge in [0.2, 0.25) is 0 Å². The van der Waals surface area contributed by atoms with Crippen molar-refractivity contribution < 1.29 is 9.59 Å². The Kier molecular flexibility index (Phi) is 5.02. The number of hydrogen-bond donors (Lipinski definition) is 0. The van der Waals surface area contributed by atoms with Crippen molar-refractivity contribution in [3.8, 4) is 0 Å². The second-order valence-electron chi connectivity index (χ2n) is 7.34. The van der Waals surface area contributed by atoms with Crippen LogP contribution in [0.3, 0.4) is 0 Å². The van der Waals surface area contributed by atoms with Crippen molar-refractivity contribution in [3.63, 3.8) is 0 Å². The van der Waals surface area contributed by atoms with E-state index in [1.54, 1.807) is 0 Å². The summed E-state index contributed by atoms with van der Waals surface area (Å²) in [6.07, 6.45) is 4.90. The lowest BCUT2D eigenvalue weighted by atomic mass is 9.88. The lowest BCUT2D eigenvalue weighted by Gasteiger charge is -2.42. The molecule has 26 heavy (non-hydrogen) atoms. The number of carbonyl (C=O) groups is 2. The molecule has 2 heterocycles. The number of hydrogen-bond acceptors (Lipinski definition) is 4. The maximum atomic E-state index is 12.4. The number of rotatable bonds is 4. The zero-order valence-corrected chi connectivity index (χ0v) is 16.9. The van der Waals surface area contributed by atoms with Crippen LogP contribution in [-0.4, -0.2) is 34.7 Å². The molecule has 2 aliphatic rings. The number of carbonyl (C=O) groups excluding carboxylic acids is 2. The molecule has 3 rings (SSSR count). The van der Waals surface area contributed by atoms with Crippen molar-refractivity contribution in [1.82, 2.24) is 4.90 Å². The first-order valence-electron chi connectivity index (χ1n) is 9.15. The van der Waals surface area contributed by atoms with Crippen LogP contribution in [-0.2, 0) is 4.79 Å². The number of fused-ring (bicyclic) bond motifs is 1. The van der Waals surface area contributed by atoms with Gasteiger partial charge in [-0.05, 0) is 75.2 Å². The first-order valence-corrected chi connectivity index (χ1v) is 9.97. The minimum absolute atomic E-state index is 0.0177. The summed E-state index contributed by atoms with van der Waals surface area (Å²) in [5.41, 5.74) is 4.58. The van der Waals surface area contributed by atoms with Crippen molar-refractivity contribution in [3.05, 3.63) is 40.3 Å². The number of amides is 2. The summed E-state index contributed by atoms with van der Waals surface area (Å²) in [5.74, 6) is -0.178. The fourth-order valence-electron chi connectivity index (χ4n) is 3.84. The summed E-state index contributed by atoms with van der Waals surface area (Å²) >= 11 is 1.03. The molecule has 0 saturated carbocycles. The van der Waals surface area contributed by atoms with Gasteiger partial charge in [-0.3, -0.25) is 14.5 Å². The van der Waals surface area contributed by atoms with E-state index in [-0.39, 0.29) is 16.7 Å². The normalized spacial score (nSPS) is 20.7. The molecule has 1 aromatic rings. The summed E-state index contributed by atoms with van der Waals surface area (Å²) in [4.78, 5) is 28.7. The quantitative estimate of drug-likeness (QED) is 0.687. The third-order valence-electron chi connectivity index (χ3n) is 4.94. The van der Waals surface area contributed by atoms with Crippen LogP contribution in [0, 0.1) is 0 Å². The molecule has 1 aromatic carbocycles. The van der Waals surface area contributed by atoms with Crippen LogP contribution >= 0.6 is 11.8 Å². The summed E-state index contributed by atoms with van der Waals surface area (Å²) in [5, 5.41) is -0.170. The SMILES string of the molecule is CCCN1C(=O)S/C(=C\c2ccc3c(c2)C(C)=CC(C)(C)N3CC)C1=O. The van der Waals surface area contributed by atoms with Gasteiger partial charge in [0, 0.05) is 24.3 Å². The average molecular weight is 371 g/mol. The Morgan fingerprint density at radius 3 is 2.58 bits per heavy atom. The molecular formula is C21H26N2O2S. The van der Waals surface area contributed by atoms with Crippen LogP contribution in [0.15, 0.2) is 29.2 Å². The lowest BCUT2D eigenvalue weighted by molar-refractivity contribution is -0.122. The molecule has 0 unspecified atom stereocenters. The highest BCUT2D eigenvalue weighted by atomic mass is 32.2. The van der Waals surface area contributed by atoms with Crippen LogP contribution in [0.1, 0.15) is 52.2 Å². The van der Waals surface area contributed by atoms with E-state index in [0.29, 0.717) is 11.4 Å². The number of allylic oxidation sites excluding steroid dienone is 1. The van der Waals surface area contributed by atoms with Gasteiger partial charge in [0.25, 0.3) is 11.1 Å². The summed E-state index contributed by atoms with van der Waals surface area (Å²) in [6.45, 7) is 12.1. The Morgan fingerprint density at radius 1 is 1.19 bits per heavy atom. The number of nitrogens with zero attached hydrogens (tertiary/aromatic N) is 2. The van der Waals surface area contributed by atoms with Gasteiger partial charge in [-0.1, -0.05) is 19.1 Å². The molecule has 5 heteroatoms. The number of anilines is 1. The fourth-order valence-corrected chi connectivity index (χ4v) is 4.70. The molecule has 0 aliphatic carbocycles. The highest BCUT2D eigenvalue weighted by molar-refractivity contribution is 8.18. The van der Waals surface area contributed by atoms with E-state index >= 15 is 0 Å². The maximum absolute atomic E-state index is 12.4. The van der Waals surface area contributed by atoms with E-state index in [2.05, 4.69) is 50.8 Å². The topological polar surface area (TPSA) is 40.6 Å². The van der Waals surface area contributed by atoms with Crippen molar-refractivity contribution in [2.24, 2.45) is 0 Å². The zero-order valence-electron chi connectivity index (χ0n) is 16.1. The molecule has 1 saturated heterocycles. The summed E-state index contributed by atoms with van der Waals surface area (Å²) in [6, 6.07) is 6.27. The number of likely N-dealkylation sites (N-methyl/N-ethyl adjacent to an activating group) is 1. The second-order valence-corrected chi connectivity index (χ2v) is 8.33. The Bertz CT molecular complexity index is 823. The van der Waals surface area contributed by atoms with Gasteiger partial charge in [-0.15, -0.1) is 0 Å². The third-order valence-corrected chi connectivity index (χ3v) is 5.84. The molecule has 138 valence electrons. The summed E-state index contributed by atoms with van der Waals surface area (Å²) < 4.78 is 0. The number of thioether (sulfide) groups is 1. The molecule has 0 spiro atoms. The average Bonchev–Trinajstić information content (AvgIpc) is 2.83. The molecule has 2 amide bonds. The maximum Gasteiger partial charge on any atom is 0.293 e. The molecule has 0 aromatic heterocycles. The minimum Gasteiger partial charge on any atom is -0.363 e. The van der Waals surface area contributed by atoms with E-state index in [1.807, 2.05) is 19.1 Å². The van der Waals surface area contributed by atoms with E-state index in [4.69, 9.17) is 0 Å². The molecule has 1 fully saturated rings. The van der Waals surface area contributed by atoms with Crippen molar-refractivity contribution in [2.45, 2.75) is 46.6 Å². The van der Waals surface area contributed by atoms with Gasteiger partial charge in [0.1, 0.15) is 0 Å². The van der Waals surface area contributed by atoms with Gasteiger partial charge in [0.15, 0.2) is 0 Å². The van der Waals surface area contributed by atoms with E-state index in [0.717, 1.165) is 30.3 Å². The third kappa shape index (κ3) is 3.20. The van der Waals surface area contributed by atoms with Gasteiger partial charge < -0.3 is 4.90 Å². The molecule has 0 atom stereocenters. The molecule has 0 bridgehead atoms. The van der Waals surface area contributed by atoms with Crippen molar-refractivity contribution in [2.75, 3.05) is 18.0 Å². The monoisotopic (exact) mass is 370 g/mol.